The average molecular weight is 497 g/mol. The SMILES string of the molecule is CC(C)(C)OC(=O)n1ncc2cc(N3CCCc4c3cc(Cl)c(OCCCl)c4Cl)ccc21. The smallest absolute Gasteiger partial charge is 0.435 e. The first-order valence-electron chi connectivity index (χ1n) is 10.4. The van der Waals surface area contributed by atoms with Crippen molar-refractivity contribution >= 4 is 63.2 Å². The molecular weight excluding hydrogens is 473 g/mol. The van der Waals surface area contributed by atoms with E-state index in [4.69, 9.17) is 44.3 Å². The third-order valence-corrected chi connectivity index (χ3v) is 5.94. The number of anilines is 2. The lowest BCUT2D eigenvalue weighted by molar-refractivity contribution is 0.0522. The molecule has 4 rings (SSSR count). The Balaban J connectivity index is 1.70. The standard InChI is InChI=1S/C23H24Cl3N3O3/c1-23(2,3)32-22(30)29-18-7-6-15(11-14(18)13-27-29)28-9-4-5-16-19(28)12-17(25)21(20(16)26)31-10-8-24/h6-7,11-13H,4-5,8-10H2,1-3H3. The van der Waals surface area contributed by atoms with E-state index in [-0.39, 0.29) is 0 Å². The lowest BCUT2D eigenvalue weighted by atomic mass is 10.00. The summed E-state index contributed by atoms with van der Waals surface area (Å²) in [6.45, 7) is 6.62. The molecule has 6 nitrogen and oxygen atoms in total. The van der Waals surface area contributed by atoms with Crippen molar-refractivity contribution in [1.29, 1.82) is 0 Å². The number of rotatable bonds is 4. The number of alkyl halides is 1. The zero-order valence-corrected chi connectivity index (χ0v) is 20.4. The van der Waals surface area contributed by atoms with E-state index in [2.05, 4.69) is 10.00 Å². The van der Waals surface area contributed by atoms with E-state index in [9.17, 15) is 4.79 Å². The normalized spacial score (nSPS) is 13.9. The quantitative estimate of drug-likeness (QED) is 0.371. The molecule has 2 heterocycles. The number of ether oxygens (including phenoxy) is 2. The first-order chi connectivity index (χ1) is 15.2. The predicted molar refractivity (Wildman–Crippen MR) is 129 cm³/mol. The van der Waals surface area contributed by atoms with Gasteiger partial charge in [-0.05, 0) is 63.4 Å². The van der Waals surface area contributed by atoms with Crippen LogP contribution in [0.2, 0.25) is 10.0 Å². The van der Waals surface area contributed by atoms with E-state index in [1.54, 1.807) is 6.20 Å². The zero-order chi connectivity index (χ0) is 23.0. The van der Waals surface area contributed by atoms with Gasteiger partial charge in [0.1, 0.15) is 12.2 Å². The third kappa shape index (κ3) is 4.49. The number of nitrogens with zero attached hydrogens (tertiary/aromatic N) is 3. The highest BCUT2D eigenvalue weighted by Gasteiger charge is 2.26. The highest BCUT2D eigenvalue weighted by molar-refractivity contribution is 6.38. The lowest BCUT2D eigenvalue weighted by Crippen LogP contribution is -2.27. The average Bonchev–Trinajstić information content (AvgIpc) is 3.15. The van der Waals surface area contributed by atoms with Crippen LogP contribution >= 0.6 is 34.8 Å². The van der Waals surface area contributed by atoms with Crippen molar-refractivity contribution in [2.75, 3.05) is 23.9 Å². The number of aromatic nitrogens is 2. The van der Waals surface area contributed by atoms with E-state index in [0.717, 1.165) is 41.7 Å². The Bertz CT molecular complexity index is 1170. The van der Waals surface area contributed by atoms with Gasteiger partial charge in [0.25, 0.3) is 0 Å². The van der Waals surface area contributed by atoms with Crippen LogP contribution in [0, 0.1) is 0 Å². The van der Waals surface area contributed by atoms with Crippen molar-refractivity contribution in [3.05, 3.63) is 46.1 Å². The van der Waals surface area contributed by atoms with Gasteiger partial charge >= 0.3 is 6.09 Å². The van der Waals surface area contributed by atoms with Crippen molar-refractivity contribution in [2.24, 2.45) is 0 Å². The maximum absolute atomic E-state index is 12.5. The van der Waals surface area contributed by atoms with Gasteiger partial charge in [0.05, 0.1) is 27.6 Å². The van der Waals surface area contributed by atoms with Crippen LogP contribution in [-0.4, -0.2) is 40.5 Å². The second kappa shape index (κ2) is 9.00. The number of hydrogen-bond donors (Lipinski definition) is 0. The number of halogens is 3. The van der Waals surface area contributed by atoms with Crippen molar-refractivity contribution in [1.82, 2.24) is 9.78 Å². The largest absolute Gasteiger partial charge is 0.489 e. The summed E-state index contributed by atoms with van der Waals surface area (Å²) in [5.41, 5.74) is 2.99. The summed E-state index contributed by atoms with van der Waals surface area (Å²) < 4.78 is 12.4. The monoisotopic (exact) mass is 495 g/mol. The maximum atomic E-state index is 12.5. The topological polar surface area (TPSA) is 56.6 Å². The van der Waals surface area contributed by atoms with E-state index in [1.807, 2.05) is 45.0 Å². The molecule has 0 spiro atoms. The Hall–Kier alpha value is -2.15. The summed E-state index contributed by atoms with van der Waals surface area (Å²) in [5, 5.41) is 6.04. The van der Waals surface area contributed by atoms with E-state index < -0.39 is 11.7 Å². The molecule has 1 aliphatic heterocycles. The molecule has 9 heteroatoms. The van der Waals surface area contributed by atoms with Crippen LogP contribution in [0.4, 0.5) is 16.2 Å². The van der Waals surface area contributed by atoms with Crippen molar-refractivity contribution in [3.63, 3.8) is 0 Å². The molecule has 170 valence electrons. The fourth-order valence-electron chi connectivity index (χ4n) is 3.82. The van der Waals surface area contributed by atoms with Crippen LogP contribution in [0.3, 0.4) is 0 Å². The summed E-state index contributed by atoms with van der Waals surface area (Å²) in [4.78, 5) is 14.7. The number of fused-ring (bicyclic) bond motifs is 2. The van der Waals surface area contributed by atoms with Gasteiger partial charge in [-0.15, -0.1) is 11.6 Å². The lowest BCUT2D eigenvalue weighted by Gasteiger charge is -2.33. The Morgan fingerprint density at radius 3 is 2.72 bits per heavy atom. The molecule has 1 aromatic heterocycles. The van der Waals surface area contributed by atoms with Crippen LogP contribution in [0.5, 0.6) is 5.75 Å². The molecule has 0 N–H and O–H groups in total. The summed E-state index contributed by atoms with van der Waals surface area (Å²) in [5.74, 6) is 0.830. The molecule has 0 unspecified atom stereocenters. The van der Waals surface area contributed by atoms with E-state index in [1.165, 1.54) is 4.68 Å². The van der Waals surface area contributed by atoms with Gasteiger partial charge in [-0.25, -0.2) is 4.79 Å². The Kier molecular flexibility index (Phi) is 6.48. The molecule has 32 heavy (non-hydrogen) atoms. The molecule has 0 saturated heterocycles. The molecule has 0 atom stereocenters. The van der Waals surface area contributed by atoms with Gasteiger partial charge in [-0.1, -0.05) is 23.2 Å². The molecule has 1 aliphatic rings. The number of benzene rings is 2. The Morgan fingerprint density at radius 2 is 2.00 bits per heavy atom. The minimum absolute atomic E-state index is 0.335. The van der Waals surface area contributed by atoms with Crippen LogP contribution in [0.1, 0.15) is 32.8 Å². The van der Waals surface area contributed by atoms with Crippen LogP contribution in [0.15, 0.2) is 30.5 Å². The van der Waals surface area contributed by atoms with E-state index >= 15 is 0 Å². The molecule has 0 fully saturated rings. The van der Waals surface area contributed by atoms with Gasteiger partial charge in [0.2, 0.25) is 0 Å². The van der Waals surface area contributed by atoms with Gasteiger partial charge in [-0.2, -0.15) is 9.78 Å². The highest BCUT2D eigenvalue weighted by Crippen LogP contribution is 2.45. The van der Waals surface area contributed by atoms with Crippen molar-refractivity contribution in [3.8, 4) is 5.75 Å². The van der Waals surface area contributed by atoms with Crippen LogP contribution in [-0.2, 0) is 11.2 Å². The van der Waals surface area contributed by atoms with Gasteiger partial charge in [0.15, 0.2) is 5.75 Å². The van der Waals surface area contributed by atoms with Crippen molar-refractivity contribution < 1.29 is 14.3 Å². The van der Waals surface area contributed by atoms with Crippen LogP contribution in [0.25, 0.3) is 10.9 Å². The minimum atomic E-state index is -0.600. The molecule has 3 aromatic rings. The number of carbonyl (C=O) groups is 1. The minimum Gasteiger partial charge on any atom is -0.489 e. The fraction of sp³-hybridized carbons (Fsp3) is 0.391. The van der Waals surface area contributed by atoms with Gasteiger partial charge in [-0.3, -0.25) is 0 Å². The first-order valence-corrected chi connectivity index (χ1v) is 11.7. The number of carbonyl (C=O) groups excluding carboxylic acids is 1. The summed E-state index contributed by atoms with van der Waals surface area (Å²) in [6, 6.07) is 7.72. The molecule has 2 aromatic carbocycles. The predicted octanol–water partition coefficient (Wildman–Crippen LogP) is 6.83. The highest BCUT2D eigenvalue weighted by atomic mass is 35.5. The third-order valence-electron chi connectivity index (χ3n) is 5.11. The van der Waals surface area contributed by atoms with Gasteiger partial charge in [0, 0.05) is 23.3 Å². The van der Waals surface area contributed by atoms with Crippen molar-refractivity contribution in [2.45, 2.75) is 39.2 Å². The second-order valence-electron chi connectivity index (χ2n) is 8.57. The Morgan fingerprint density at radius 1 is 1.22 bits per heavy atom. The fourth-order valence-corrected chi connectivity index (χ4v) is 4.55. The zero-order valence-electron chi connectivity index (χ0n) is 18.1. The second-order valence-corrected chi connectivity index (χ2v) is 9.73. The summed E-state index contributed by atoms with van der Waals surface area (Å²) >= 11 is 18.9. The Labute approximate surface area is 201 Å². The first kappa shape index (κ1) is 23.0. The van der Waals surface area contributed by atoms with Gasteiger partial charge < -0.3 is 14.4 Å². The molecular formula is C23H24Cl3N3O3. The summed E-state index contributed by atoms with van der Waals surface area (Å²) in [6.07, 6.45) is 2.92. The molecule has 0 saturated carbocycles. The van der Waals surface area contributed by atoms with E-state index in [0.29, 0.717) is 33.8 Å². The van der Waals surface area contributed by atoms with Crippen LogP contribution < -0.4 is 9.64 Å². The maximum Gasteiger partial charge on any atom is 0.435 e. The molecule has 0 bridgehead atoms. The molecule has 0 amide bonds. The summed E-state index contributed by atoms with van der Waals surface area (Å²) in [7, 11) is 0. The molecule has 0 aliphatic carbocycles. The molecule has 0 radical (unpaired) electrons. The number of hydrogen-bond acceptors (Lipinski definition) is 5.